The molecule has 0 bridgehead atoms. The average molecular weight is 258 g/mol. The molecule has 7 heteroatoms. The van der Waals surface area contributed by atoms with Gasteiger partial charge in [0, 0.05) is 6.26 Å². The van der Waals surface area contributed by atoms with Gasteiger partial charge in [0.25, 0.3) is 0 Å². The molecule has 0 spiro atoms. The molecule has 0 aliphatic carbocycles. The zero-order chi connectivity index (χ0) is 12.9. The molecular weight excluding hydrogens is 244 g/mol. The van der Waals surface area contributed by atoms with Crippen LogP contribution in [0.4, 0.5) is 5.69 Å². The molecule has 0 fully saturated rings. The zero-order valence-electron chi connectivity index (χ0n) is 9.42. The number of nitrogen functional groups attached to an aromatic ring is 1. The number of carbonyl (C=O) groups excluding carboxylic acids is 1. The van der Waals surface area contributed by atoms with Crippen LogP contribution in [0.15, 0.2) is 18.3 Å². The second kappa shape index (κ2) is 5.62. The van der Waals surface area contributed by atoms with Gasteiger partial charge in [0.05, 0.1) is 24.2 Å². The Kier molecular flexibility index (Phi) is 4.45. The maximum absolute atomic E-state index is 11.4. The van der Waals surface area contributed by atoms with E-state index in [0.29, 0.717) is 5.69 Å². The Morgan fingerprint density at radius 1 is 1.47 bits per heavy atom. The molecule has 0 amide bonds. The van der Waals surface area contributed by atoms with Gasteiger partial charge in [0.2, 0.25) is 0 Å². The molecule has 17 heavy (non-hydrogen) atoms. The lowest BCUT2D eigenvalue weighted by atomic mass is 10.3. The number of pyridine rings is 1. The third-order valence-electron chi connectivity index (χ3n) is 1.89. The SMILES string of the molecule is CS(=O)(=O)CCCOC(=O)c1ccc(N)cn1. The smallest absolute Gasteiger partial charge is 0.356 e. The number of nitrogens with two attached hydrogens (primary N) is 1. The molecule has 0 radical (unpaired) electrons. The lowest BCUT2D eigenvalue weighted by Crippen LogP contribution is -2.11. The number of anilines is 1. The largest absolute Gasteiger partial charge is 0.461 e. The summed E-state index contributed by atoms with van der Waals surface area (Å²) in [5.41, 5.74) is 6.02. The summed E-state index contributed by atoms with van der Waals surface area (Å²) in [4.78, 5) is 15.2. The average Bonchev–Trinajstić information content (AvgIpc) is 2.24. The Balaban J connectivity index is 2.38. The normalized spacial score (nSPS) is 11.1. The highest BCUT2D eigenvalue weighted by molar-refractivity contribution is 7.90. The number of nitrogens with zero attached hydrogens (tertiary/aromatic N) is 1. The van der Waals surface area contributed by atoms with Gasteiger partial charge in [-0.05, 0) is 18.6 Å². The van der Waals surface area contributed by atoms with Crippen LogP contribution in [0.5, 0.6) is 0 Å². The van der Waals surface area contributed by atoms with Crippen molar-refractivity contribution in [3.05, 3.63) is 24.0 Å². The summed E-state index contributed by atoms with van der Waals surface area (Å²) >= 11 is 0. The Hall–Kier alpha value is -1.63. The number of esters is 1. The minimum Gasteiger partial charge on any atom is -0.461 e. The first-order chi connectivity index (χ1) is 7.88. The summed E-state index contributed by atoms with van der Waals surface area (Å²) in [5.74, 6) is -0.589. The van der Waals surface area contributed by atoms with Crippen LogP contribution in [-0.4, -0.2) is 38.0 Å². The van der Waals surface area contributed by atoms with E-state index in [1.54, 1.807) is 6.07 Å². The lowest BCUT2D eigenvalue weighted by Gasteiger charge is -2.03. The van der Waals surface area contributed by atoms with Crippen molar-refractivity contribution in [2.45, 2.75) is 6.42 Å². The van der Waals surface area contributed by atoms with E-state index < -0.39 is 15.8 Å². The van der Waals surface area contributed by atoms with E-state index in [1.165, 1.54) is 12.3 Å². The standard InChI is InChI=1S/C10H14N2O4S/c1-17(14,15)6-2-5-16-10(13)9-4-3-8(11)7-12-9/h3-4,7H,2,5-6,11H2,1H3. The number of sulfone groups is 1. The molecule has 0 aliphatic heterocycles. The third kappa shape index (κ3) is 5.30. The first-order valence-electron chi connectivity index (χ1n) is 4.95. The van der Waals surface area contributed by atoms with Crippen molar-refractivity contribution in [1.82, 2.24) is 4.98 Å². The van der Waals surface area contributed by atoms with E-state index >= 15 is 0 Å². The van der Waals surface area contributed by atoms with Crippen molar-refractivity contribution < 1.29 is 17.9 Å². The van der Waals surface area contributed by atoms with Crippen molar-refractivity contribution in [1.29, 1.82) is 0 Å². The first-order valence-corrected chi connectivity index (χ1v) is 7.01. The zero-order valence-corrected chi connectivity index (χ0v) is 10.2. The van der Waals surface area contributed by atoms with Gasteiger partial charge >= 0.3 is 5.97 Å². The minimum atomic E-state index is -3.02. The van der Waals surface area contributed by atoms with E-state index in [4.69, 9.17) is 10.5 Å². The van der Waals surface area contributed by atoms with Gasteiger partial charge < -0.3 is 10.5 Å². The molecule has 6 nitrogen and oxygen atoms in total. The Bertz CT molecular complexity index is 482. The molecule has 0 saturated carbocycles. The monoisotopic (exact) mass is 258 g/mol. The molecule has 0 unspecified atom stereocenters. The lowest BCUT2D eigenvalue weighted by molar-refractivity contribution is 0.0499. The highest BCUT2D eigenvalue weighted by Crippen LogP contribution is 2.03. The fourth-order valence-electron chi connectivity index (χ4n) is 1.09. The topological polar surface area (TPSA) is 99.4 Å². The fourth-order valence-corrected chi connectivity index (χ4v) is 1.73. The van der Waals surface area contributed by atoms with Gasteiger partial charge in [0.1, 0.15) is 15.5 Å². The summed E-state index contributed by atoms with van der Waals surface area (Å²) in [6.07, 6.45) is 2.77. The summed E-state index contributed by atoms with van der Waals surface area (Å²) in [5, 5.41) is 0. The Morgan fingerprint density at radius 2 is 2.18 bits per heavy atom. The number of hydrogen-bond acceptors (Lipinski definition) is 6. The van der Waals surface area contributed by atoms with E-state index in [1.807, 2.05) is 0 Å². The second-order valence-electron chi connectivity index (χ2n) is 3.60. The fraction of sp³-hybridized carbons (Fsp3) is 0.400. The van der Waals surface area contributed by atoms with Gasteiger partial charge in [-0.15, -0.1) is 0 Å². The number of rotatable bonds is 5. The van der Waals surface area contributed by atoms with Crippen molar-refractivity contribution in [3.63, 3.8) is 0 Å². The van der Waals surface area contributed by atoms with Gasteiger partial charge in [-0.1, -0.05) is 0 Å². The molecule has 0 atom stereocenters. The second-order valence-corrected chi connectivity index (χ2v) is 5.86. The number of hydrogen-bond donors (Lipinski definition) is 1. The summed E-state index contributed by atoms with van der Waals surface area (Å²) in [6, 6.07) is 2.99. The predicted molar refractivity (Wildman–Crippen MR) is 63.3 cm³/mol. The van der Waals surface area contributed by atoms with Crippen LogP contribution >= 0.6 is 0 Å². The quantitative estimate of drug-likeness (QED) is 0.600. The highest BCUT2D eigenvalue weighted by atomic mass is 32.2. The molecule has 2 N–H and O–H groups in total. The van der Waals surface area contributed by atoms with Crippen molar-refractivity contribution in [2.75, 3.05) is 24.3 Å². The molecule has 1 aromatic heterocycles. The van der Waals surface area contributed by atoms with Crippen LogP contribution in [0.2, 0.25) is 0 Å². The van der Waals surface area contributed by atoms with Crippen LogP contribution in [0.3, 0.4) is 0 Å². The Morgan fingerprint density at radius 3 is 2.71 bits per heavy atom. The van der Waals surface area contributed by atoms with Gasteiger partial charge in [-0.3, -0.25) is 0 Å². The van der Waals surface area contributed by atoms with Crippen molar-refractivity contribution in [3.8, 4) is 0 Å². The van der Waals surface area contributed by atoms with Gasteiger partial charge in [-0.25, -0.2) is 18.2 Å². The van der Waals surface area contributed by atoms with Gasteiger partial charge in [0.15, 0.2) is 0 Å². The number of carbonyl (C=O) groups is 1. The minimum absolute atomic E-state index is 0.00452. The predicted octanol–water partition coefficient (Wildman–Crippen LogP) is 0.255. The third-order valence-corrected chi connectivity index (χ3v) is 2.92. The van der Waals surface area contributed by atoms with Crippen molar-refractivity contribution in [2.24, 2.45) is 0 Å². The molecule has 0 saturated heterocycles. The molecule has 1 aromatic rings. The molecule has 0 aliphatic rings. The number of aromatic nitrogens is 1. The summed E-state index contributed by atoms with van der Waals surface area (Å²) < 4.78 is 26.5. The number of ether oxygens (including phenoxy) is 1. The van der Waals surface area contributed by atoms with Crippen LogP contribution in [-0.2, 0) is 14.6 Å². The highest BCUT2D eigenvalue weighted by Gasteiger charge is 2.09. The van der Waals surface area contributed by atoms with E-state index in [0.717, 1.165) is 6.26 Å². The molecule has 1 rings (SSSR count). The van der Waals surface area contributed by atoms with Crippen LogP contribution in [0, 0.1) is 0 Å². The van der Waals surface area contributed by atoms with Crippen LogP contribution in [0.25, 0.3) is 0 Å². The maximum Gasteiger partial charge on any atom is 0.356 e. The molecular formula is C10H14N2O4S. The van der Waals surface area contributed by atoms with E-state index in [9.17, 15) is 13.2 Å². The van der Waals surface area contributed by atoms with Gasteiger partial charge in [-0.2, -0.15) is 0 Å². The summed E-state index contributed by atoms with van der Waals surface area (Å²) in [6.45, 7) is 0.0535. The van der Waals surface area contributed by atoms with Crippen LogP contribution < -0.4 is 5.73 Å². The molecule has 94 valence electrons. The molecule has 1 heterocycles. The first kappa shape index (κ1) is 13.4. The van der Waals surface area contributed by atoms with E-state index in [-0.39, 0.29) is 24.5 Å². The van der Waals surface area contributed by atoms with Crippen LogP contribution in [0.1, 0.15) is 16.9 Å². The molecule has 0 aromatic carbocycles. The van der Waals surface area contributed by atoms with E-state index in [2.05, 4.69) is 4.98 Å². The van der Waals surface area contributed by atoms with Crippen molar-refractivity contribution >= 4 is 21.5 Å². The maximum atomic E-state index is 11.4. The Labute approximate surface area is 99.7 Å². The summed E-state index contributed by atoms with van der Waals surface area (Å²) in [7, 11) is -3.02.